The van der Waals surface area contributed by atoms with Gasteiger partial charge < -0.3 is 0 Å². The van der Waals surface area contributed by atoms with Gasteiger partial charge in [0.05, 0.1) is 9.75 Å². The van der Waals surface area contributed by atoms with Gasteiger partial charge in [0.1, 0.15) is 5.78 Å². The van der Waals surface area contributed by atoms with Gasteiger partial charge in [0, 0.05) is 16.6 Å². The summed E-state index contributed by atoms with van der Waals surface area (Å²) in [4.78, 5) is 20.7. The first-order valence-electron chi connectivity index (χ1n) is 4.02. The highest BCUT2D eigenvalue weighted by molar-refractivity contribution is 9.11. The summed E-state index contributed by atoms with van der Waals surface area (Å²) in [5.41, 5.74) is 0.538. The molecule has 0 aromatic heterocycles. The quantitative estimate of drug-likeness (QED) is 0.483. The van der Waals surface area contributed by atoms with E-state index in [1.165, 1.54) is 19.1 Å². The van der Waals surface area contributed by atoms with E-state index in [2.05, 4.69) is 31.9 Å². The van der Waals surface area contributed by atoms with Crippen LogP contribution >= 0.6 is 31.9 Å². The van der Waals surface area contributed by atoms with Gasteiger partial charge >= 0.3 is 0 Å². The van der Waals surface area contributed by atoms with Crippen molar-refractivity contribution >= 4 is 43.3 Å². The maximum atomic E-state index is 11.1. The highest BCUT2D eigenvalue weighted by atomic mass is 79.9. The second-order valence-electron chi connectivity index (χ2n) is 2.94. The van der Waals surface area contributed by atoms with E-state index in [4.69, 9.17) is 0 Å². The van der Waals surface area contributed by atoms with E-state index >= 15 is 0 Å². The van der Waals surface area contributed by atoms with Crippen molar-refractivity contribution in [1.29, 1.82) is 0 Å². The summed E-state index contributed by atoms with van der Waals surface area (Å²) >= 11 is 6.43. The molecule has 0 amide bonds. The highest BCUT2D eigenvalue weighted by Gasteiger charge is 2.18. The Balaban J connectivity index is 3.22. The minimum atomic E-state index is -0.522. The van der Waals surface area contributed by atoms with Crippen LogP contribution in [0.1, 0.15) is 17.3 Å². The first kappa shape index (κ1) is 12.3. The summed E-state index contributed by atoms with van der Waals surface area (Å²) in [6.45, 7) is 1.42. The zero-order valence-corrected chi connectivity index (χ0v) is 10.9. The average Bonchev–Trinajstić information content (AvgIpc) is 2.16. The predicted molar refractivity (Wildman–Crippen MR) is 63.1 cm³/mol. The Morgan fingerprint density at radius 3 is 2.60 bits per heavy atom. The second-order valence-corrected chi connectivity index (χ2v) is 4.71. The third-order valence-electron chi connectivity index (χ3n) is 1.82. The van der Waals surface area contributed by atoms with Gasteiger partial charge in [0.2, 0.25) is 0 Å². The normalized spacial score (nSPS) is 12.2. The number of ketones is 1. The molecule has 1 rings (SSSR count). The molecule has 0 heterocycles. The minimum absolute atomic E-state index is 0.0288. The van der Waals surface area contributed by atoms with Crippen molar-refractivity contribution in [3.8, 4) is 0 Å². The number of nitro groups is 1. The molecule has 0 saturated heterocycles. The van der Waals surface area contributed by atoms with Gasteiger partial charge in [0.25, 0.3) is 5.69 Å². The number of non-ortho nitro benzene ring substituents is 1. The Kier molecular flexibility index (Phi) is 3.98. The van der Waals surface area contributed by atoms with Gasteiger partial charge in [-0.3, -0.25) is 14.9 Å². The molecular formula is C9H7Br2NO3. The number of nitrogens with zero attached hydrogens (tertiary/aromatic N) is 1. The fourth-order valence-corrected chi connectivity index (χ4v) is 2.22. The summed E-state index contributed by atoms with van der Waals surface area (Å²) in [5.74, 6) is -0.101. The Labute approximate surface area is 103 Å². The van der Waals surface area contributed by atoms with Crippen LogP contribution in [0, 0.1) is 10.1 Å². The molecule has 1 unspecified atom stereocenters. The smallest absolute Gasteiger partial charge is 0.269 e. The van der Waals surface area contributed by atoms with Crippen molar-refractivity contribution < 1.29 is 9.72 Å². The van der Waals surface area contributed by atoms with Crippen LogP contribution in [0.5, 0.6) is 0 Å². The lowest BCUT2D eigenvalue weighted by Gasteiger charge is -2.08. The number of benzene rings is 1. The van der Waals surface area contributed by atoms with E-state index in [1.54, 1.807) is 6.07 Å². The van der Waals surface area contributed by atoms with Gasteiger partial charge in [0.15, 0.2) is 0 Å². The molecule has 1 atom stereocenters. The summed E-state index contributed by atoms with van der Waals surface area (Å²) in [7, 11) is 0. The molecule has 6 heteroatoms. The lowest BCUT2D eigenvalue weighted by molar-refractivity contribution is -0.384. The molecule has 1 aromatic rings. The summed E-state index contributed by atoms with van der Waals surface area (Å²) < 4.78 is 0.671. The van der Waals surface area contributed by atoms with E-state index in [0.717, 1.165) is 0 Å². The van der Waals surface area contributed by atoms with Crippen molar-refractivity contribution in [3.63, 3.8) is 0 Å². The first-order chi connectivity index (χ1) is 6.93. The van der Waals surface area contributed by atoms with Crippen LogP contribution in [0.2, 0.25) is 0 Å². The number of carbonyl (C=O) groups is 1. The molecule has 1 aromatic carbocycles. The predicted octanol–water partition coefficient (Wildman–Crippen LogP) is 3.38. The van der Waals surface area contributed by atoms with Gasteiger partial charge in [-0.25, -0.2) is 0 Å². The summed E-state index contributed by atoms with van der Waals surface area (Å²) in [5, 5.41) is 10.5. The average molecular weight is 337 g/mol. The SMILES string of the molecule is CC(=O)C(Br)c1cc([N+](=O)[O-])ccc1Br. The molecule has 0 aliphatic carbocycles. The van der Waals surface area contributed by atoms with Crippen molar-refractivity contribution in [2.45, 2.75) is 11.8 Å². The fraction of sp³-hybridized carbons (Fsp3) is 0.222. The van der Waals surface area contributed by atoms with E-state index < -0.39 is 9.75 Å². The van der Waals surface area contributed by atoms with E-state index in [9.17, 15) is 14.9 Å². The van der Waals surface area contributed by atoms with Crippen LogP contribution in [0.4, 0.5) is 5.69 Å². The van der Waals surface area contributed by atoms with Gasteiger partial charge in [-0.05, 0) is 18.6 Å². The summed E-state index contributed by atoms with van der Waals surface area (Å²) in [6, 6.07) is 4.32. The fourth-order valence-electron chi connectivity index (χ4n) is 1.06. The van der Waals surface area contributed by atoms with E-state index in [-0.39, 0.29) is 11.5 Å². The van der Waals surface area contributed by atoms with Gasteiger partial charge in [-0.2, -0.15) is 0 Å². The van der Waals surface area contributed by atoms with E-state index in [0.29, 0.717) is 10.0 Å². The van der Waals surface area contributed by atoms with Crippen LogP contribution in [0.25, 0.3) is 0 Å². The molecular weight excluding hydrogens is 330 g/mol. The van der Waals surface area contributed by atoms with Gasteiger partial charge in [-0.1, -0.05) is 31.9 Å². The lowest BCUT2D eigenvalue weighted by Crippen LogP contribution is -2.02. The topological polar surface area (TPSA) is 60.2 Å². The highest BCUT2D eigenvalue weighted by Crippen LogP contribution is 2.32. The Bertz CT molecular complexity index is 420. The Morgan fingerprint density at radius 1 is 1.53 bits per heavy atom. The molecule has 0 aliphatic rings. The van der Waals surface area contributed by atoms with Crippen LogP contribution in [0.15, 0.2) is 22.7 Å². The zero-order valence-electron chi connectivity index (χ0n) is 7.74. The third-order valence-corrected chi connectivity index (χ3v) is 3.68. The molecule has 0 fully saturated rings. The molecule has 4 nitrogen and oxygen atoms in total. The number of rotatable bonds is 3. The number of carbonyl (C=O) groups excluding carboxylic acids is 1. The number of hydrogen-bond donors (Lipinski definition) is 0. The van der Waals surface area contributed by atoms with Gasteiger partial charge in [-0.15, -0.1) is 0 Å². The molecule has 0 spiro atoms. The standard InChI is InChI=1S/C9H7Br2NO3/c1-5(13)9(11)7-4-6(12(14)15)2-3-8(7)10/h2-4,9H,1H3. The number of halogens is 2. The van der Waals surface area contributed by atoms with Crippen LogP contribution in [-0.4, -0.2) is 10.7 Å². The van der Waals surface area contributed by atoms with E-state index in [1.807, 2.05) is 0 Å². The molecule has 0 bridgehead atoms. The number of alkyl halides is 1. The Hall–Kier alpha value is -0.750. The van der Waals surface area contributed by atoms with Crippen LogP contribution in [0.3, 0.4) is 0 Å². The molecule has 0 radical (unpaired) electrons. The van der Waals surface area contributed by atoms with Crippen LogP contribution in [-0.2, 0) is 4.79 Å². The molecule has 0 saturated carbocycles. The third kappa shape index (κ3) is 2.85. The van der Waals surface area contributed by atoms with Crippen molar-refractivity contribution in [2.24, 2.45) is 0 Å². The maximum Gasteiger partial charge on any atom is 0.269 e. The minimum Gasteiger partial charge on any atom is -0.298 e. The zero-order chi connectivity index (χ0) is 11.6. The monoisotopic (exact) mass is 335 g/mol. The lowest BCUT2D eigenvalue weighted by atomic mass is 10.1. The van der Waals surface area contributed by atoms with Crippen molar-refractivity contribution in [3.05, 3.63) is 38.3 Å². The first-order valence-corrected chi connectivity index (χ1v) is 5.72. The molecule has 0 aliphatic heterocycles. The number of nitro benzene ring substituents is 1. The van der Waals surface area contributed by atoms with Crippen molar-refractivity contribution in [1.82, 2.24) is 0 Å². The molecule has 0 N–H and O–H groups in total. The Morgan fingerprint density at radius 2 is 2.13 bits per heavy atom. The molecule has 80 valence electrons. The second kappa shape index (κ2) is 4.85. The largest absolute Gasteiger partial charge is 0.298 e. The number of hydrogen-bond acceptors (Lipinski definition) is 3. The van der Waals surface area contributed by atoms with Crippen molar-refractivity contribution in [2.75, 3.05) is 0 Å². The molecule has 15 heavy (non-hydrogen) atoms. The summed E-state index contributed by atoms with van der Waals surface area (Å²) in [6.07, 6.45) is 0. The van der Waals surface area contributed by atoms with Crippen LogP contribution < -0.4 is 0 Å². The number of Topliss-reactive ketones (excluding diaryl/α,β-unsaturated/α-hetero) is 1. The maximum absolute atomic E-state index is 11.1.